The lowest BCUT2D eigenvalue weighted by molar-refractivity contribution is -0.139. The van der Waals surface area contributed by atoms with Gasteiger partial charge in [-0.1, -0.05) is 19.8 Å². The third-order valence-electron chi connectivity index (χ3n) is 2.71. The van der Waals surface area contributed by atoms with E-state index in [-0.39, 0.29) is 11.3 Å². The van der Waals surface area contributed by atoms with Crippen LogP contribution in [0.2, 0.25) is 0 Å². The van der Waals surface area contributed by atoms with Gasteiger partial charge < -0.3 is 16.2 Å². The summed E-state index contributed by atoms with van der Waals surface area (Å²) in [6.45, 7) is 1.93. The number of amides is 1. The fraction of sp³-hybridized carbons (Fsp3) is 0.385. The molecule has 0 heterocycles. The summed E-state index contributed by atoms with van der Waals surface area (Å²) in [5, 5.41) is 11.4. The number of hydrogen-bond acceptors (Lipinski definition) is 3. The molecule has 0 saturated heterocycles. The molecule has 104 valence electrons. The van der Waals surface area contributed by atoms with Crippen molar-refractivity contribution in [2.24, 2.45) is 0 Å². The van der Waals surface area contributed by atoms with Crippen molar-refractivity contribution in [2.75, 3.05) is 5.73 Å². The standard InChI is InChI=1S/C13H17FN2O3/c1-2-3-4-11(13(18)19)16-12(17)8-5-6-10(15)9(14)7-8/h5-7,11H,2-4,15H2,1H3,(H,16,17)(H,18,19)/t11-/m0/s1. The summed E-state index contributed by atoms with van der Waals surface area (Å²) in [4.78, 5) is 22.8. The van der Waals surface area contributed by atoms with E-state index in [4.69, 9.17) is 10.8 Å². The molecule has 0 radical (unpaired) electrons. The highest BCUT2D eigenvalue weighted by atomic mass is 19.1. The number of halogens is 1. The molecule has 6 heteroatoms. The van der Waals surface area contributed by atoms with Gasteiger partial charge in [-0.15, -0.1) is 0 Å². The summed E-state index contributed by atoms with van der Waals surface area (Å²) in [6, 6.07) is 2.65. The highest BCUT2D eigenvalue weighted by molar-refractivity contribution is 5.96. The summed E-state index contributed by atoms with van der Waals surface area (Å²) < 4.78 is 13.2. The van der Waals surface area contributed by atoms with Crippen molar-refractivity contribution in [2.45, 2.75) is 32.2 Å². The van der Waals surface area contributed by atoms with E-state index in [2.05, 4.69) is 5.32 Å². The van der Waals surface area contributed by atoms with Crippen LogP contribution >= 0.6 is 0 Å². The van der Waals surface area contributed by atoms with Gasteiger partial charge in [-0.05, 0) is 24.6 Å². The van der Waals surface area contributed by atoms with Gasteiger partial charge in [-0.2, -0.15) is 0 Å². The first-order valence-electron chi connectivity index (χ1n) is 6.04. The smallest absolute Gasteiger partial charge is 0.326 e. The minimum atomic E-state index is -1.10. The monoisotopic (exact) mass is 268 g/mol. The number of nitrogen functional groups attached to an aromatic ring is 1. The Kier molecular flexibility index (Phi) is 5.29. The van der Waals surface area contributed by atoms with E-state index in [9.17, 15) is 14.0 Å². The normalized spacial score (nSPS) is 11.9. The quantitative estimate of drug-likeness (QED) is 0.686. The molecule has 19 heavy (non-hydrogen) atoms. The number of carbonyl (C=O) groups excluding carboxylic acids is 1. The van der Waals surface area contributed by atoms with Crippen LogP contribution in [0.3, 0.4) is 0 Å². The van der Waals surface area contributed by atoms with Crippen LogP contribution in [-0.4, -0.2) is 23.0 Å². The van der Waals surface area contributed by atoms with Gasteiger partial charge in [-0.25, -0.2) is 9.18 Å². The number of anilines is 1. The van der Waals surface area contributed by atoms with Crippen LogP contribution in [0.5, 0.6) is 0 Å². The Hall–Kier alpha value is -2.11. The average Bonchev–Trinajstić information content (AvgIpc) is 2.37. The Morgan fingerprint density at radius 2 is 2.16 bits per heavy atom. The fourth-order valence-electron chi connectivity index (χ4n) is 1.58. The second-order valence-electron chi connectivity index (χ2n) is 4.24. The second-order valence-corrected chi connectivity index (χ2v) is 4.24. The van der Waals surface area contributed by atoms with Crippen LogP contribution in [0.15, 0.2) is 18.2 Å². The van der Waals surface area contributed by atoms with E-state index in [0.717, 1.165) is 12.5 Å². The summed E-state index contributed by atoms with van der Waals surface area (Å²) >= 11 is 0. The Balaban J connectivity index is 2.75. The zero-order valence-corrected chi connectivity index (χ0v) is 10.6. The topological polar surface area (TPSA) is 92.4 Å². The Morgan fingerprint density at radius 3 is 2.68 bits per heavy atom. The third-order valence-corrected chi connectivity index (χ3v) is 2.71. The molecular weight excluding hydrogens is 251 g/mol. The lowest BCUT2D eigenvalue weighted by Crippen LogP contribution is -2.40. The van der Waals surface area contributed by atoms with Crippen molar-refractivity contribution < 1.29 is 19.1 Å². The van der Waals surface area contributed by atoms with Crippen LogP contribution in [-0.2, 0) is 4.79 Å². The van der Waals surface area contributed by atoms with Gasteiger partial charge in [0.15, 0.2) is 0 Å². The predicted octanol–water partition coefficient (Wildman–Crippen LogP) is 1.78. The van der Waals surface area contributed by atoms with Crippen molar-refractivity contribution in [3.8, 4) is 0 Å². The van der Waals surface area contributed by atoms with Crippen LogP contribution in [0.1, 0.15) is 36.5 Å². The van der Waals surface area contributed by atoms with E-state index in [1.165, 1.54) is 12.1 Å². The van der Waals surface area contributed by atoms with E-state index in [1.54, 1.807) is 0 Å². The molecule has 0 aliphatic rings. The number of nitrogens with one attached hydrogen (secondary N) is 1. The average molecular weight is 268 g/mol. The molecule has 0 aromatic heterocycles. The fourth-order valence-corrected chi connectivity index (χ4v) is 1.58. The van der Waals surface area contributed by atoms with Gasteiger partial charge in [0.1, 0.15) is 11.9 Å². The molecule has 5 nitrogen and oxygen atoms in total. The van der Waals surface area contributed by atoms with Gasteiger partial charge in [-0.3, -0.25) is 4.79 Å². The van der Waals surface area contributed by atoms with Crippen LogP contribution in [0.25, 0.3) is 0 Å². The number of carboxylic acid groups (broad SMARTS) is 1. The highest BCUT2D eigenvalue weighted by Crippen LogP contribution is 2.12. The SMILES string of the molecule is CCCC[C@H](NC(=O)c1ccc(N)c(F)c1)C(=O)O. The van der Waals surface area contributed by atoms with Gasteiger partial charge in [0.2, 0.25) is 0 Å². The first kappa shape index (κ1) is 14.9. The highest BCUT2D eigenvalue weighted by Gasteiger charge is 2.20. The first-order chi connectivity index (χ1) is 8.95. The number of benzene rings is 1. The summed E-state index contributed by atoms with van der Waals surface area (Å²) in [5.41, 5.74) is 5.30. The van der Waals surface area contributed by atoms with Crippen molar-refractivity contribution in [1.82, 2.24) is 5.32 Å². The molecule has 1 amide bonds. The lowest BCUT2D eigenvalue weighted by Gasteiger charge is -2.14. The number of nitrogens with two attached hydrogens (primary N) is 1. The maximum Gasteiger partial charge on any atom is 0.326 e. The maximum atomic E-state index is 13.2. The molecule has 1 atom stereocenters. The zero-order valence-electron chi connectivity index (χ0n) is 10.6. The molecule has 4 N–H and O–H groups in total. The second kappa shape index (κ2) is 6.72. The molecule has 0 aliphatic heterocycles. The van der Waals surface area contributed by atoms with E-state index in [0.29, 0.717) is 12.8 Å². The molecule has 0 unspecified atom stereocenters. The van der Waals surface area contributed by atoms with Crippen LogP contribution in [0.4, 0.5) is 10.1 Å². The summed E-state index contributed by atoms with van der Waals surface area (Å²) in [7, 11) is 0. The number of carboxylic acids is 1. The van der Waals surface area contributed by atoms with Crippen molar-refractivity contribution in [1.29, 1.82) is 0 Å². The molecular formula is C13H17FN2O3. The number of carbonyl (C=O) groups is 2. The van der Waals surface area contributed by atoms with E-state index < -0.39 is 23.7 Å². The Morgan fingerprint density at radius 1 is 1.47 bits per heavy atom. The molecule has 0 fully saturated rings. The van der Waals surface area contributed by atoms with Crippen LogP contribution in [0, 0.1) is 5.82 Å². The molecule has 0 saturated carbocycles. The molecule has 1 aromatic carbocycles. The van der Waals surface area contributed by atoms with Crippen molar-refractivity contribution >= 4 is 17.6 Å². The van der Waals surface area contributed by atoms with Gasteiger partial charge in [0.05, 0.1) is 5.69 Å². The number of rotatable bonds is 6. The zero-order chi connectivity index (χ0) is 14.4. The first-order valence-corrected chi connectivity index (χ1v) is 6.04. The lowest BCUT2D eigenvalue weighted by atomic mass is 10.1. The minimum Gasteiger partial charge on any atom is -0.480 e. The summed E-state index contributed by atoms with van der Waals surface area (Å²) in [6.07, 6.45) is 1.86. The number of hydrogen-bond donors (Lipinski definition) is 3. The molecule has 0 aliphatic carbocycles. The van der Waals surface area contributed by atoms with Crippen LogP contribution < -0.4 is 11.1 Å². The third kappa shape index (κ3) is 4.24. The minimum absolute atomic E-state index is 0.0504. The Labute approximate surface area is 110 Å². The molecule has 0 spiro atoms. The van der Waals surface area contributed by atoms with E-state index >= 15 is 0 Å². The maximum absolute atomic E-state index is 13.2. The van der Waals surface area contributed by atoms with Crippen molar-refractivity contribution in [3.05, 3.63) is 29.6 Å². The molecule has 1 aromatic rings. The summed E-state index contributed by atoms with van der Waals surface area (Å²) in [5.74, 6) is -2.42. The van der Waals surface area contributed by atoms with E-state index in [1.807, 2.05) is 6.92 Å². The van der Waals surface area contributed by atoms with Gasteiger partial charge in [0.25, 0.3) is 5.91 Å². The van der Waals surface area contributed by atoms with Crippen molar-refractivity contribution in [3.63, 3.8) is 0 Å². The van der Waals surface area contributed by atoms with Gasteiger partial charge in [0, 0.05) is 5.56 Å². The van der Waals surface area contributed by atoms with Gasteiger partial charge >= 0.3 is 5.97 Å². The molecule has 0 bridgehead atoms. The molecule has 1 rings (SSSR count). The largest absolute Gasteiger partial charge is 0.480 e. The predicted molar refractivity (Wildman–Crippen MR) is 69.2 cm³/mol. The number of aliphatic carboxylic acids is 1. The number of unbranched alkanes of at least 4 members (excludes halogenated alkanes) is 1. The Bertz CT molecular complexity index is 477.